The molecular formula is C19H14N2O5. The number of nitro benzene ring substituents is 1. The van der Waals surface area contributed by atoms with Crippen LogP contribution in [0.3, 0.4) is 0 Å². The van der Waals surface area contributed by atoms with E-state index >= 15 is 0 Å². The lowest BCUT2D eigenvalue weighted by Gasteiger charge is -2.11. The Labute approximate surface area is 148 Å². The molecule has 0 heterocycles. The lowest BCUT2D eigenvalue weighted by atomic mass is 10.1. The van der Waals surface area contributed by atoms with Gasteiger partial charge in [0.1, 0.15) is 5.75 Å². The van der Waals surface area contributed by atoms with Crippen molar-refractivity contribution in [2.45, 2.75) is 6.92 Å². The topological polar surface area (TPSA) is 98.5 Å². The molecule has 0 atom stereocenters. The first-order valence-corrected chi connectivity index (χ1v) is 7.71. The van der Waals surface area contributed by atoms with Crippen molar-refractivity contribution < 1.29 is 19.2 Å². The van der Waals surface area contributed by atoms with Gasteiger partial charge in [-0.25, -0.2) is 0 Å². The van der Waals surface area contributed by atoms with E-state index in [2.05, 4.69) is 5.32 Å². The Morgan fingerprint density at radius 3 is 2.19 bits per heavy atom. The molecule has 7 heteroatoms. The Balaban J connectivity index is 1.95. The molecule has 3 aromatic carbocycles. The van der Waals surface area contributed by atoms with E-state index in [-0.39, 0.29) is 17.0 Å². The summed E-state index contributed by atoms with van der Waals surface area (Å²) < 4.78 is 5.17. The quantitative estimate of drug-likeness (QED) is 0.333. The molecule has 0 aliphatic rings. The predicted molar refractivity (Wildman–Crippen MR) is 96.3 cm³/mol. The molecule has 0 radical (unpaired) electrons. The molecule has 130 valence electrons. The number of anilines is 1. The van der Waals surface area contributed by atoms with E-state index in [0.29, 0.717) is 5.69 Å². The molecule has 0 saturated heterocycles. The summed E-state index contributed by atoms with van der Waals surface area (Å²) in [4.78, 5) is 34.2. The van der Waals surface area contributed by atoms with Gasteiger partial charge in [-0.1, -0.05) is 24.3 Å². The van der Waals surface area contributed by atoms with Gasteiger partial charge in [-0.3, -0.25) is 19.7 Å². The first-order chi connectivity index (χ1) is 12.4. The van der Waals surface area contributed by atoms with Gasteiger partial charge in [0, 0.05) is 24.7 Å². The minimum absolute atomic E-state index is 0.0747. The third-order valence-corrected chi connectivity index (χ3v) is 3.68. The first kappa shape index (κ1) is 17.1. The Bertz CT molecular complexity index is 1010. The highest BCUT2D eigenvalue weighted by Crippen LogP contribution is 2.27. The number of carbonyl (C=O) groups is 2. The molecule has 26 heavy (non-hydrogen) atoms. The van der Waals surface area contributed by atoms with Crippen molar-refractivity contribution in [3.8, 4) is 5.75 Å². The normalized spacial score (nSPS) is 10.3. The van der Waals surface area contributed by atoms with Gasteiger partial charge >= 0.3 is 5.97 Å². The number of nitrogens with zero attached hydrogens (tertiary/aromatic N) is 1. The highest BCUT2D eigenvalue weighted by Gasteiger charge is 2.16. The summed E-state index contributed by atoms with van der Waals surface area (Å²) in [7, 11) is 0. The standard InChI is InChI=1S/C19H14N2O5/c1-12(22)26-18-11-14-5-3-2-4-13(14)10-17(18)19(23)20-15-6-8-16(9-7-15)21(24)25/h2-11H,1H3,(H,20,23). The molecule has 7 nitrogen and oxygen atoms in total. The molecule has 0 aliphatic carbocycles. The second-order valence-electron chi connectivity index (χ2n) is 5.55. The summed E-state index contributed by atoms with van der Waals surface area (Å²) in [5, 5.41) is 15.0. The number of hydrogen-bond acceptors (Lipinski definition) is 5. The van der Waals surface area contributed by atoms with E-state index in [1.54, 1.807) is 12.1 Å². The van der Waals surface area contributed by atoms with Crippen LogP contribution in [-0.2, 0) is 4.79 Å². The fourth-order valence-corrected chi connectivity index (χ4v) is 2.50. The summed E-state index contributed by atoms with van der Waals surface area (Å²) in [5.41, 5.74) is 0.508. The average molecular weight is 350 g/mol. The Morgan fingerprint density at radius 2 is 1.62 bits per heavy atom. The van der Waals surface area contributed by atoms with Crippen molar-refractivity contribution in [1.82, 2.24) is 0 Å². The minimum Gasteiger partial charge on any atom is -0.426 e. The number of fused-ring (bicyclic) bond motifs is 1. The molecule has 3 aromatic rings. The second kappa shape index (κ2) is 7.02. The summed E-state index contributed by atoms with van der Waals surface area (Å²) in [5.74, 6) is -0.874. The van der Waals surface area contributed by atoms with Crippen LogP contribution in [-0.4, -0.2) is 16.8 Å². The van der Waals surface area contributed by atoms with Crippen LogP contribution in [0.2, 0.25) is 0 Å². The maximum atomic E-state index is 12.6. The summed E-state index contributed by atoms with van der Waals surface area (Å²) >= 11 is 0. The van der Waals surface area contributed by atoms with Crippen LogP contribution in [0.1, 0.15) is 17.3 Å². The predicted octanol–water partition coefficient (Wildman–Crippen LogP) is 3.93. The Kier molecular flexibility index (Phi) is 4.62. The molecule has 0 aromatic heterocycles. The smallest absolute Gasteiger partial charge is 0.308 e. The van der Waals surface area contributed by atoms with Gasteiger partial charge in [0.25, 0.3) is 11.6 Å². The van der Waals surface area contributed by atoms with Crippen LogP contribution < -0.4 is 10.1 Å². The van der Waals surface area contributed by atoms with Crippen LogP contribution in [0.5, 0.6) is 5.75 Å². The van der Waals surface area contributed by atoms with E-state index in [1.807, 2.05) is 24.3 Å². The number of non-ortho nitro benzene ring substituents is 1. The third kappa shape index (κ3) is 3.67. The molecule has 3 rings (SSSR count). The average Bonchev–Trinajstić information content (AvgIpc) is 2.61. The van der Waals surface area contributed by atoms with Crippen LogP contribution >= 0.6 is 0 Å². The summed E-state index contributed by atoms with van der Waals surface area (Å²) in [6.07, 6.45) is 0. The van der Waals surface area contributed by atoms with E-state index in [4.69, 9.17) is 4.74 Å². The van der Waals surface area contributed by atoms with Crippen LogP contribution in [0.4, 0.5) is 11.4 Å². The number of rotatable bonds is 4. The number of carbonyl (C=O) groups excluding carboxylic acids is 2. The number of benzene rings is 3. The molecule has 0 aliphatic heterocycles. The van der Waals surface area contributed by atoms with Crippen molar-refractivity contribution >= 4 is 34.0 Å². The van der Waals surface area contributed by atoms with Crippen molar-refractivity contribution in [2.24, 2.45) is 0 Å². The zero-order valence-corrected chi connectivity index (χ0v) is 13.8. The highest BCUT2D eigenvalue weighted by atomic mass is 16.6. The van der Waals surface area contributed by atoms with Crippen LogP contribution in [0.15, 0.2) is 60.7 Å². The summed E-state index contributed by atoms with van der Waals surface area (Å²) in [6, 6.07) is 16.1. The third-order valence-electron chi connectivity index (χ3n) is 3.68. The van der Waals surface area contributed by atoms with Crippen molar-refractivity contribution in [3.63, 3.8) is 0 Å². The molecule has 0 unspecified atom stereocenters. The van der Waals surface area contributed by atoms with E-state index in [0.717, 1.165) is 10.8 Å². The molecule has 1 amide bonds. The minimum atomic E-state index is -0.537. The zero-order chi connectivity index (χ0) is 18.7. The summed E-state index contributed by atoms with van der Waals surface area (Å²) in [6.45, 7) is 1.26. The van der Waals surface area contributed by atoms with Crippen molar-refractivity contribution in [2.75, 3.05) is 5.32 Å². The molecule has 0 spiro atoms. The molecule has 1 N–H and O–H groups in total. The van der Waals surface area contributed by atoms with Crippen molar-refractivity contribution in [1.29, 1.82) is 0 Å². The molecule has 0 saturated carbocycles. The number of nitrogens with one attached hydrogen (secondary N) is 1. The van der Waals surface area contributed by atoms with E-state index in [9.17, 15) is 19.7 Å². The fraction of sp³-hybridized carbons (Fsp3) is 0.0526. The maximum Gasteiger partial charge on any atom is 0.308 e. The SMILES string of the molecule is CC(=O)Oc1cc2ccccc2cc1C(=O)Nc1ccc([N+](=O)[O-])cc1. The molecular weight excluding hydrogens is 336 g/mol. The number of nitro groups is 1. The maximum absolute atomic E-state index is 12.6. The van der Waals surface area contributed by atoms with Crippen LogP contribution in [0, 0.1) is 10.1 Å². The second-order valence-corrected chi connectivity index (χ2v) is 5.55. The van der Waals surface area contributed by atoms with Gasteiger partial charge < -0.3 is 10.1 Å². The van der Waals surface area contributed by atoms with Gasteiger partial charge in [0.05, 0.1) is 10.5 Å². The number of amides is 1. The monoisotopic (exact) mass is 350 g/mol. The molecule has 0 fully saturated rings. The van der Waals surface area contributed by atoms with Gasteiger partial charge in [-0.15, -0.1) is 0 Å². The zero-order valence-electron chi connectivity index (χ0n) is 13.8. The number of ether oxygens (including phenoxy) is 1. The van der Waals surface area contributed by atoms with Gasteiger partial charge in [-0.2, -0.15) is 0 Å². The largest absolute Gasteiger partial charge is 0.426 e. The Morgan fingerprint density at radius 1 is 1.00 bits per heavy atom. The molecule has 0 bridgehead atoms. The lowest BCUT2D eigenvalue weighted by Crippen LogP contribution is -2.15. The number of hydrogen-bond donors (Lipinski definition) is 1. The Hall–Kier alpha value is -3.74. The van der Waals surface area contributed by atoms with Gasteiger partial charge in [-0.05, 0) is 35.0 Å². The fourth-order valence-electron chi connectivity index (χ4n) is 2.50. The van der Waals surface area contributed by atoms with Crippen molar-refractivity contribution in [3.05, 3.63) is 76.3 Å². The van der Waals surface area contributed by atoms with E-state index in [1.165, 1.54) is 31.2 Å². The van der Waals surface area contributed by atoms with E-state index < -0.39 is 16.8 Å². The number of esters is 1. The van der Waals surface area contributed by atoms with Gasteiger partial charge in [0.2, 0.25) is 0 Å². The lowest BCUT2D eigenvalue weighted by molar-refractivity contribution is -0.384. The van der Waals surface area contributed by atoms with Crippen LogP contribution in [0.25, 0.3) is 10.8 Å². The van der Waals surface area contributed by atoms with Gasteiger partial charge in [0.15, 0.2) is 0 Å². The highest BCUT2D eigenvalue weighted by molar-refractivity contribution is 6.09. The first-order valence-electron chi connectivity index (χ1n) is 7.71.